The Morgan fingerprint density at radius 2 is 2.00 bits per heavy atom. The minimum atomic E-state index is 0. The van der Waals surface area contributed by atoms with Crippen molar-refractivity contribution in [3.63, 3.8) is 0 Å². The van der Waals surface area contributed by atoms with Crippen LogP contribution in [-0.2, 0) is 11.3 Å². The molecular formula is C16H27ClIN3O. The molecule has 0 aromatic heterocycles. The molecule has 22 heavy (non-hydrogen) atoms. The van der Waals surface area contributed by atoms with Gasteiger partial charge in [0.2, 0.25) is 0 Å². The maximum Gasteiger partial charge on any atom is 0.191 e. The van der Waals surface area contributed by atoms with E-state index in [-0.39, 0.29) is 24.0 Å². The summed E-state index contributed by atoms with van der Waals surface area (Å²) in [4.78, 5) is 4.53. The Labute approximate surface area is 156 Å². The topological polar surface area (TPSA) is 45.7 Å². The number of hydrogen-bond acceptors (Lipinski definition) is 2. The Morgan fingerprint density at radius 3 is 2.64 bits per heavy atom. The van der Waals surface area contributed by atoms with E-state index in [0.29, 0.717) is 19.1 Å². The minimum Gasteiger partial charge on any atom is -0.379 e. The van der Waals surface area contributed by atoms with Gasteiger partial charge >= 0.3 is 0 Å². The molecule has 0 amide bonds. The second-order valence-electron chi connectivity index (χ2n) is 5.18. The predicted octanol–water partition coefficient (Wildman–Crippen LogP) is 3.69. The molecule has 0 saturated heterocycles. The number of aliphatic imine (C=N–C) groups is 1. The molecule has 0 saturated carbocycles. The van der Waals surface area contributed by atoms with Crippen molar-refractivity contribution in [3.05, 3.63) is 34.9 Å². The standard InChI is InChI=1S/C16H26ClN3O.HI/c1-4-18-16(19-9-10-21-12-13(2)3)20-11-14-7-5-6-8-15(14)17;/h5-8,13H,4,9-12H2,1-3H3,(H2,18,19,20);1H. The summed E-state index contributed by atoms with van der Waals surface area (Å²) in [5.74, 6) is 1.35. The van der Waals surface area contributed by atoms with Gasteiger partial charge in [-0.25, -0.2) is 4.99 Å². The van der Waals surface area contributed by atoms with Crippen LogP contribution in [0.3, 0.4) is 0 Å². The molecule has 0 aliphatic carbocycles. The van der Waals surface area contributed by atoms with Crippen LogP contribution in [-0.4, -0.2) is 32.3 Å². The van der Waals surface area contributed by atoms with Crippen molar-refractivity contribution in [2.45, 2.75) is 27.3 Å². The second kappa shape index (κ2) is 13.0. The normalized spacial score (nSPS) is 11.2. The number of rotatable bonds is 8. The molecule has 0 fully saturated rings. The summed E-state index contributed by atoms with van der Waals surface area (Å²) in [5.41, 5.74) is 1.02. The lowest BCUT2D eigenvalue weighted by Gasteiger charge is -2.12. The predicted molar refractivity (Wildman–Crippen MR) is 105 cm³/mol. The molecule has 1 rings (SSSR count). The highest BCUT2D eigenvalue weighted by Gasteiger charge is 2.00. The van der Waals surface area contributed by atoms with Gasteiger partial charge in [0, 0.05) is 24.7 Å². The zero-order valence-corrected chi connectivity index (χ0v) is 16.7. The van der Waals surface area contributed by atoms with E-state index < -0.39 is 0 Å². The van der Waals surface area contributed by atoms with E-state index in [1.54, 1.807) is 0 Å². The third kappa shape index (κ3) is 9.48. The number of nitrogens with one attached hydrogen (secondary N) is 2. The summed E-state index contributed by atoms with van der Waals surface area (Å²) < 4.78 is 5.54. The van der Waals surface area contributed by atoms with Crippen molar-refractivity contribution in [1.29, 1.82) is 0 Å². The average molecular weight is 440 g/mol. The van der Waals surface area contributed by atoms with Gasteiger partial charge < -0.3 is 15.4 Å². The molecule has 0 unspecified atom stereocenters. The molecule has 0 heterocycles. The van der Waals surface area contributed by atoms with Gasteiger partial charge in [0.05, 0.1) is 13.2 Å². The van der Waals surface area contributed by atoms with E-state index >= 15 is 0 Å². The fourth-order valence-electron chi connectivity index (χ4n) is 1.69. The molecule has 0 spiro atoms. The van der Waals surface area contributed by atoms with Gasteiger partial charge in [-0.2, -0.15) is 0 Å². The minimum absolute atomic E-state index is 0. The first-order valence-corrected chi connectivity index (χ1v) is 7.84. The Bertz CT molecular complexity index is 441. The molecule has 6 heteroatoms. The average Bonchev–Trinajstić information content (AvgIpc) is 2.45. The summed E-state index contributed by atoms with van der Waals surface area (Å²) >= 11 is 6.13. The van der Waals surface area contributed by atoms with Crippen LogP contribution >= 0.6 is 35.6 Å². The van der Waals surface area contributed by atoms with Gasteiger partial charge in [-0.1, -0.05) is 43.6 Å². The first-order valence-electron chi connectivity index (χ1n) is 7.46. The molecule has 1 aromatic carbocycles. The molecule has 2 N–H and O–H groups in total. The Balaban J connectivity index is 0.00000441. The van der Waals surface area contributed by atoms with E-state index in [1.165, 1.54) is 0 Å². The van der Waals surface area contributed by atoms with E-state index in [1.807, 2.05) is 31.2 Å². The smallest absolute Gasteiger partial charge is 0.191 e. The summed E-state index contributed by atoms with van der Waals surface area (Å²) in [5, 5.41) is 7.21. The molecular weight excluding hydrogens is 413 g/mol. The van der Waals surface area contributed by atoms with Crippen molar-refractivity contribution < 1.29 is 4.74 Å². The number of guanidine groups is 1. The zero-order valence-electron chi connectivity index (χ0n) is 13.6. The van der Waals surface area contributed by atoms with E-state index in [0.717, 1.165) is 36.2 Å². The first kappa shape index (κ1) is 21.5. The van der Waals surface area contributed by atoms with Crippen LogP contribution in [0.2, 0.25) is 5.02 Å². The van der Waals surface area contributed by atoms with Crippen LogP contribution in [0.5, 0.6) is 0 Å². The highest BCUT2D eigenvalue weighted by Crippen LogP contribution is 2.15. The lowest BCUT2D eigenvalue weighted by molar-refractivity contribution is 0.114. The van der Waals surface area contributed by atoms with Gasteiger partial charge in [0.15, 0.2) is 5.96 Å². The maximum absolute atomic E-state index is 6.13. The van der Waals surface area contributed by atoms with Gasteiger partial charge in [-0.15, -0.1) is 24.0 Å². The van der Waals surface area contributed by atoms with E-state index in [2.05, 4.69) is 29.5 Å². The molecule has 0 aliphatic rings. The third-order valence-electron chi connectivity index (χ3n) is 2.70. The largest absolute Gasteiger partial charge is 0.379 e. The lowest BCUT2D eigenvalue weighted by atomic mass is 10.2. The SMILES string of the molecule is CCNC(=NCc1ccccc1Cl)NCCOCC(C)C.I. The highest BCUT2D eigenvalue weighted by atomic mass is 127. The van der Waals surface area contributed by atoms with Crippen molar-refractivity contribution in [2.24, 2.45) is 10.9 Å². The number of nitrogens with zero attached hydrogens (tertiary/aromatic N) is 1. The number of benzene rings is 1. The van der Waals surface area contributed by atoms with Crippen LogP contribution < -0.4 is 10.6 Å². The number of ether oxygens (including phenoxy) is 1. The van der Waals surface area contributed by atoms with Crippen LogP contribution in [0, 0.1) is 5.92 Å². The fraction of sp³-hybridized carbons (Fsp3) is 0.562. The molecule has 0 aliphatic heterocycles. The summed E-state index contributed by atoms with van der Waals surface area (Å²) in [6, 6.07) is 7.76. The molecule has 4 nitrogen and oxygen atoms in total. The lowest BCUT2D eigenvalue weighted by Crippen LogP contribution is -2.39. The molecule has 0 bridgehead atoms. The Kier molecular flexibility index (Phi) is 12.6. The first-order chi connectivity index (χ1) is 10.1. The van der Waals surface area contributed by atoms with Crippen LogP contribution in [0.4, 0.5) is 0 Å². The third-order valence-corrected chi connectivity index (χ3v) is 3.07. The quantitative estimate of drug-likeness (QED) is 0.281. The van der Waals surface area contributed by atoms with Crippen molar-refractivity contribution in [2.75, 3.05) is 26.3 Å². The summed E-state index contributed by atoms with van der Waals surface area (Å²) in [6.45, 7) is 9.90. The van der Waals surface area contributed by atoms with Crippen molar-refractivity contribution in [1.82, 2.24) is 10.6 Å². The van der Waals surface area contributed by atoms with Crippen molar-refractivity contribution in [3.8, 4) is 0 Å². The summed E-state index contributed by atoms with van der Waals surface area (Å²) in [6.07, 6.45) is 0. The summed E-state index contributed by atoms with van der Waals surface area (Å²) in [7, 11) is 0. The molecule has 0 atom stereocenters. The Hall–Kier alpha value is -0.530. The van der Waals surface area contributed by atoms with Gasteiger partial charge in [-0.3, -0.25) is 0 Å². The van der Waals surface area contributed by atoms with Gasteiger partial charge in [0.1, 0.15) is 0 Å². The highest BCUT2D eigenvalue weighted by molar-refractivity contribution is 14.0. The Morgan fingerprint density at radius 1 is 1.27 bits per heavy atom. The van der Waals surface area contributed by atoms with Crippen LogP contribution in [0.15, 0.2) is 29.3 Å². The van der Waals surface area contributed by atoms with Gasteiger partial charge in [-0.05, 0) is 24.5 Å². The molecule has 126 valence electrons. The van der Waals surface area contributed by atoms with E-state index in [9.17, 15) is 0 Å². The monoisotopic (exact) mass is 439 g/mol. The number of hydrogen-bond donors (Lipinski definition) is 2. The second-order valence-corrected chi connectivity index (χ2v) is 5.59. The van der Waals surface area contributed by atoms with Crippen LogP contribution in [0.1, 0.15) is 26.3 Å². The molecule has 1 aromatic rings. The fourth-order valence-corrected chi connectivity index (χ4v) is 1.89. The number of halogens is 2. The zero-order chi connectivity index (χ0) is 15.5. The van der Waals surface area contributed by atoms with Gasteiger partial charge in [0.25, 0.3) is 0 Å². The molecule has 0 radical (unpaired) electrons. The van der Waals surface area contributed by atoms with Crippen molar-refractivity contribution >= 4 is 41.5 Å². The van der Waals surface area contributed by atoms with Crippen LogP contribution in [0.25, 0.3) is 0 Å². The maximum atomic E-state index is 6.13. The van der Waals surface area contributed by atoms with E-state index in [4.69, 9.17) is 16.3 Å².